The maximum atomic E-state index is 12.4. The highest BCUT2D eigenvalue weighted by Crippen LogP contribution is 2.29. The molecule has 1 unspecified atom stereocenters. The van der Waals surface area contributed by atoms with Gasteiger partial charge < -0.3 is 15.7 Å². The third-order valence-corrected chi connectivity index (χ3v) is 3.33. The number of urea groups is 1. The van der Waals surface area contributed by atoms with Gasteiger partial charge in [0.15, 0.2) is 0 Å². The summed E-state index contributed by atoms with van der Waals surface area (Å²) < 4.78 is 37.2. The van der Waals surface area contributed by atoms with E-state index in [9.17, 15) is 18.0 Å². The van der Waals surface area contributed by atoms with Gasteiger partial charge in [0.1, 0.15) is 0 Å². The van der Waals surface area contributed by atoms with E-state index in [1.165, 1.54) is 12.1 Å². The highest BCUT2D eigenvalue weighted by molar-refractivity contribution is 5.89. The lowest BCUT2D eigenvalue weighted by Crippen LogP contribution is -2.48. The molecule has 0 aromatic heterocycles. The first-order chi connectivity index (χ1) is 9.70. The second kappa shape index (κ2) is 6.80. The molecule has 0 spiro atoms. The molecule has 0 radical (unpaired) electrons. The molecule has 7 heteroatoms. The number of aliphatic hydroxyl groups is 1. The minimum atomic E-state index is -4.40. The Morgan fingerprint density at radius 3 is 2.24 bits per heavy atom. The van der Waals surface area contributed by atoms with E-state index < -0.39 is 23.3 Å². The maximum absolute atomic E-state index is 12.4. The quantitative estimate of drug-likeness (QED) is 0.781. The number of carbonyl (C=O) groups excluding carboxylic acids is 1. The van der Waals surface area contributed by atoms with Crippen molar-refractivity contribution in [3.8, 4) is 0 Å². The van der Waals surface area contributed by atoms with Crippen LogP contribution < -0.4 is 10.6 Å². The third-order valence-electron chi connectivity index (χ3n) is 3.33. The second-order valence-electron chi connectivity index (χ2n) is 5.04. The Kier molecular flexibility index (Phi) is 5.60. The number of carbonyl (C=O) groups is 1. The second-order valence-corrected chi connectivity index (χ2v) is 5.04. The minimum Gasteiger partial charge on any atom is -0.396 e. The van der Waals surface area contributed by atoms with Gasteiger partial charge >= 0.3 is 12.2 Å². The molecule has 1 aromatic rings. The number of alkyl halides is 3. The number of nitrogens with one attached hydrogen (secondary N) is 2. The number of aliphatic hydroxyl groups excluding tert-OH is 1. The van der Waals surface area contributed by atoms with E-state index in [4.69, 9.17) is 5.11 Å². The van der Waals surface area contributed by atoms with Crippen LogP contribution in [0.2, 0.25) is 0 Å². The van der Waals surface area contributed by atoms with E-state index >= 15 is 0 Å². The Bertz CT molecular complexity index is 474. The number of hydrogen-bond donors (Lipinski definition) is 3. The van der Waals surface area contributed by atoms with Gasteiger partial charge in [0.05, 0.1) is 5.56 Å². The molecule has 4 nitrogen and oxygen atoms in total. The first-order valence-corrected chi connectivity index (χ1v) is 6.57. The number of rotatable bonds is 5. The topological polar surface area (TPSA) is 61.4 Å². The Labute approximate surface area is 121 Å². The van der Waals surface area contributed by atoms with E-state index in [-0.39, 0.29) is 12.3 Å². The van der Waals surface area contributed by atoms with Crippen molar-refractivity contribution < 1.29 is 23.1 Å². The highest BCUT2D eigenvalue weighted by atomic mass is 19.4. The maximum Gasteiger partial charge on any atom is 0.416 e. The van der Waals surface area contributed by atoms with Crippen molar-refractivity contribution in [1.29, 1.82) is 0 Å². The van der Waals surface area contributed by atoms with Crippen LogP contribution in [-0.4, -0.2) is 23.3 Å². The summed E-state index contributed by atoms with van der Waals surface area (Å²) in [6.07, 6.45) is -3.39. The fourth-order valence-corrected chi connectivity index (χ4v) is 1.75. The van der Waals surface area contributed by atoms with Gasteiger partial charge in [-0.2, -0.15) is 13.2 Å². The fourth-order valence-electron chi connectivity index (χ4n) is 1.75. The summed E-state index contributed by atoms with van der Waals surface area (Å²) in [6.45, 7) is 3.59. The molecule has 0 aliphatic carbocycles. The Morgan fingerprint density at radius 2 is 1.81 bits per heavy atom. The van der Waals surface area contributed by atoms with Crippen LogP contribution in [0.1, 0.15) is 32.3 Å². The first kappa shape index (κ1) is 17.3. The molecule has 0 bridgehead atoms. The van der Waals surface area contributed by atoms with E-state index in [1.807, 2.05) is 6.92 Å². The van der Waals surface area contributed by atoms with Crippen molar-refractivity contribution in [3.63, 3.8) is 0 Å². The molecule has 0 aliphatic heterocycles. The predicted octanol–water partition coefficient (Wildman–Crippen LogP) is 3.38. The van der Waals surface area contributed by atoms with Crippen molar-refractivity contribution in [1.82, 2.24) is 5.32 Å². The van der Waals surface area contributed by atoms with Crippen molar-refractivity contribution in [2.75, 3.05) is 11.9 Å². The standard InChI is InChI=1S/C14H19F3N2O2/c1-3-13(2,8-9-20)19-12(21)18-11-6-4-10(5-7-11)14(15,16)17/h4-7,20H,3,8-9H2,1-2H3,(H2,18,19,21). The van der Waals surface area contributed by atoms with Crippen LogP contribution >= 0.6 is 0 Å². The molecule has 0 saturated heterocycles. The van der Waals surface area contributed by atoms with E-state index in [2.05, 4.69) is 10.6 Å². The van der Waals surface area contributed by atoms with Gasteiger partial charge in [-0.05, 0) is 44.0 Å². The summed E-state index contributed by atoms with van der Waals surface area (Å²) in [6, 6.07) is 3.67. The van der Waals surface area contributed by atoms with Gasteiger partial charge in [0.25, 0.3) is 0 Å². The molecule has 2 amide bonds. The van der Waals surface area contributed by atoms with Crippen LogP contribution in [0.25, 0.3) is 0 Å². The minimum absolute atomic E-state index is 0.0646. The zero-order chi connectivity index (χ0) is 16.1. The van der Waals surface area contributed by atoms with Crippen molar-refractivity contribution in [2.24, 2.45) is 0 Å². The third kappa shape index (κ3) is 5.26. The molecule has 1 atom stereocenters. The molecule has 118 valence electrons. The Morgan fingerprint density at radius 1 is 1.24 bits per heavy atom. The lowest BCUT2D eigenvalue weighted by molar-refractivity contribution is -0.137. The molecular formula is C14H19F3N2O2. The van der Waals surface area contributed by atoms with Crippen LogP contribution in [-0.2, 0) is 6.18 Å². The Balaban J connectivity index is 2.67. The molecule has 21 heavy (non-hydrogen) atoms. The molecule has 0 saturated carbocycles. The lowest BCUT2D eigenvalue weighted by atomic mass is 9.95. The van der Waals surface area contributed by atoms with E-state index in [0.717, 1.165) is 12.1 Å². The van der Waals surface area contributed by atoms with Gasteiger partial charge in [-0.1, -0.05) is 6.92 Å². The normalized spacial score (nSPS) is 14.4. The molecule has 0 fully saturated rings. The van der Waals surface area contributed by atoms with Crippen molar-refractivity contribution in [3.05, 3.63) is 29.8 Å². The molecule has 1 aromatic carbocycles. The van der Waals surface area contributed by atoms with Crippen molar-refractivity contribution >= 4 is 11.7 Å². The van der Waals surface area contributed by atoms with Gasteiger partial charge in [-0.15, -0.1) is 0 Å². The first-order valence-electron chi connectivity index (χ1n) is 6.57. The summed E-state index contributed by atoms with van der Waals surface area (Å²) in [4.78, 5) is 11.8. The summed E-state index contributed by atoms with van der Waals surface area (Å²) in [5, 5.41) is 14.1. The van der Waals surface area contributed by atoms with Crippen LogP contribution in [0, 0.1) is 0 Å². The van der Waals surface area contributed by atoms with Crippen LogP contribution in [0.5, 0.6) is 0 Å². The summed E-state index contributed by atoms with van der Waals surface area (Å²) in [7, 11) is 0. The summed E-state index contributed by atoms with van der Waals surface area (Å²) >= 11 is 0. The molecule has 3 N–H and O–H groups in total. The number of benzene rings is 1. The van der Waals surface area contributed by atoms with Crippen molar-refractivity contribution in [2.45, 2.75) is 38.4 Å². The zero-order valence-electron chi connectivity index (χ0n) is 11.9. The highest BCUT2D eigenvalue weighted by Gasteiger charge is 2.30. The van der Waals surface area contributed by atoms with Gasteiger partial charge in [-0.3, -0.25) is 0 Å². The Hall–Kier alpha value is -1.76. The van der Waals surface area contributed by atoms with E-state index in [0.29, 0.717) is 12.8 Å². The largest absolute Gasteiger partial charge is 0.416 e. The number of hydrogen-bond acceptors (Lipinski definition) is 2. The molecular weight excluding hydrogens is 285 g/mol. The number of amides is 2. The molecule has 0 heterocycles. The monoisotopic (exact) mass is 304 g/mol. The smallest absolute Gasteiger partial charge is 0.396 e. The van der Waals surface area contributed by atoms with E-state index in [1.54, 1.807) is 6.92 Å². The van der Waals surface area contributed by atoms with Gasteiger partial charge in [0, 0.05) is 17.8 Å². The zero-order valence-corrected chi connectivity index (χ0v) is 11.9. The molecule has 1 rings (SSSR count). The van der Waals surface area contributed by atoms with Crippen LogP contribution in [0.3, 0.4) is 0 Å². The van der Waals surface area contributed by atoms with Crippen LogP contribution in [0.15, 0.2) is 24.3 Å². The van der Waals surface area contributed by atoms with Crippen LogP contribution in [0.4, 0.5) is 23.7 Å². The number of halogens is 3. The summed E-state index contributed by atoms with van der Waals surface area (Å²) in [5.41, 5.74) is -1.07. The number of anilines is 1. The molecule has 0 aliphatic rings. The fraction of sp³-hybridized carbons (Fsp3) is 0.500. The average molecular weight is 304 g/mol. The lowest BCUT2D eigenvalue weighted by Gasteiger charge is -2.29. The summed E-state index contributed by atoms with van der Waals surface area (Å²) in [5.74, 6) is 0. The predicted molar refractivity (Wildman–Crippen MR) is 74.0 cm³/mol. The average Bonchev–Trinajstić information content (AvgIpc) is 2.38. The SMILES string of the molecule is CCC(C)(CCO)NC(=O)Nc1ccc(C(F)(F)F)cc1. The van der Waals surface area contributed by atoms with Gasteiger partial charge in [-0.25, -0.2) is 4.79 Å². The van der Waals surface area contributed by atoms with Gasteiger partial charge in [0.2, 0.25) is 0 Å².